The number of anilines is 2. The van der Waals surface area contributed by atoms with E-state index in [0.717, 1.165) is 54.6 Å². The molecule has 8 heteroatoms. The van der Waals surface area contributed by atoms with Crippen LogP contribution in [0.1, 0.15) is 50.2 Å². The molecule has 0 unspecified atom stereocenters. The average molecular weight is 525 g/mol. The second kappa shape index (κ2) is 11.2. The van der Waals surface area contributed by atoms with E-state index in [0.29, 0.717) is 28.1 Å². The number of likely N-dealkylation sites (tertiary alicyclic amines) is 1. The maximum Gasteiger partial charge on any atom is 0.277 e. The zero-order valence-corrected chi connectivity index (χ0v) is 22.4. The molecule has 0 saturated carbocycles. The Kier molecular flexibility index (Phi) is 7.58. The molecular formula is C31H32N4O4. The first kappa shape index (κ1) is 26.3. The number of aldehydes is 1. The second-order valence-corrected chi connectivity index (χ2v) is 9.99. The SMILES string of the molecule is CON(C(=O)c1ccc(N/C(=C2\C(=O)Nc3cc(C=O)c(C)cc32)c2ccccc2)cc1)C1CCN(C)CC1. The van der Waals surface area contributed by atoms with Gasteiger partial charge in [0, 0.05) is 28.1 Å². The van der Waals surface area contributed by atoms with Gasteiger partial charge in [-0.05, 0) is 87.4 Å². The molecule has 0 spiro atoms. The van der Waals surface area contributed by atoms with Crippen LogP contribution in [0.15, 0.2) is 66.7 Å². The van der Waals surface area contributed by atoms with Crippen molar-refractivity contribution < 1.29 is 19.2 Å². The number of aryl methyl sites for hydroxylation is 1. The summed E-state index contributed by atoms with van der Waals surface area (Å²) in [5.74, 6) is -0.426. The lowest BCUT2D eigenvalue weighted by atomic mass is 9.97. The molecule has 2 amide bonds. The maximum absolute atomic E-state index is 13.3. The second-order valence-electron chi connectivity index (χ2n) is 9.99. The molecule has 1 fully saturated rings. The molecule has 2 aliphatic heterocycles. The van der Waals surface area contributed by atoms with Gasteiger partial charge in [0.05, 0.1) is 24.4 Å². The van der Waals surface area contributed by atoms with E-state index >= 15 is 0 Å². The molecule has 200 valence electrons. The highest BCUT2D eigenvalue weighted by molar-refractivity contribution is 6.37. The summed E-state index contributed by atoms with van der Waals surface area (Å²) in [6.45, 7) is 3.69. The van der Waals surface area contributed by atoms with Crippen LogP contribution in [0.25, 0.3) is 11.3 Å². The Morgan fingerprint density at radius 1 is 1.05 bits per heavy atom. The molecule has 3 aromatic rings. The van der Waals surface area contributed by atoms with E-state index in [1.165, 1.54) is 12.2 Å². The van der Waals surface area contributed by atoms with Gasteiger partial charge in [-0.1, -0.05) is 30.3 Å². The van der Waals surface area contributed by atoms with Gasteiger partial charge >= 0.3 is 0 Å². The van der Waals surface area contributed by atoms with E-state index in [1.54, 1.807) is 18.2 Å². The summed E-state index contributed by atoms with van der Waals surface area (Å²) in [5.41, 5.74) is 5.87. The number of hydrogen-bond acceptors (Lipinski definition) is 6. The van der Waals surface area contributed by atoms with E-state index < -0.39 is 0 Å². The fourth-order valence-electron chi connectivity index (χ4n) is 5.20. The standard InChI is InChI=1S/C31H32N4O4/c1-20-17-26-27(18-23(20)19-36)33-30(37)28(26)29(21-7-5-4-6-8-21)32-24-11-9-22(10-12-24)31(38)35(39-3)25-13-15-34(2)16-14-25/h4-12,17-19,25,32H,13-16H2,1-3H3,(H,33,37)/b29-28-. The number of nitrogens with one attached hydrogen (secondary N) is 2. The highest BCUT2D eigenvalue weighted by atomic mass is 16.7. The molecule has 2 heterocycles. The number of hydroxylamine groups is 2. The topological polar surface area (TPSA) is 91.0 Å². The monoisotopic (exact) mass is 524 g/mol. The van der Waals surface area contributed by atoms with E-state index in [-0.39, 0.29) is 17.9 Å². The van der Waals surface area contributed by atoms with Crippen LogP contribution in [0.3, 0.4) is 0 Å². The lowest BCUT2D eigenvalue weighted by molar-refractivity contribution is -0.132. The summed E-state index contributed by atoms with van der Waals surface area (Å²) in [6, 6.07) is 20.4. The summed E-state index contributed by atoms with van der Waals surface area (Å²) >= 11 is 0. The minimum Gasteiger partial charge on any atom is -0.354 e. The molecule has 0 bridgehead atoms. The number of fused-ring (bicyclic) bond motifs is 1. The summed E-state index contributed by atoms with van der Waals surface area (Å²) in [6.07, 6.45) is 2.52. The highest BCUT2D eigenvalue weighted by Crippen LogP contribution is 2.39. The third-order valence-electron chi connectivity index (χ3n) is 7.41. The fraction of sp³-hybridized carbons (Fsp3) is 0.258. The summed E-state index contributed by atoms with van der Waals surface area (Å²) < 4.78 is 0. The lowest BCUT2D eigenvalue weighted by Crippen LogP contribution is -2.46. The van der Waals surface area contributed by atoms with Gasteiger partial charge in [0.1, 0.15) is 6.29 Å². The molecule has 3 aromatic carbocycles. The van der Waals surface area contributed by atoms with Crippen molar-refractivity contribution in [1.82, 2.24) is 9.96 Å². The van der Waals surface area contributed by atoms with E-state index in [4.69, 9.17) is 4.84 Å². The lowest BCUT2D eigenvalue weighted by Gasteiger charge is -2.35. The zero-order valence-electron chi connectivity index (χ0n) is 22.4. The van der Waals surface area contributed by atoms with Gasteiger partial charge in [0.15, 0.2) is 0 Å². The Labute approximate surface area is 228 Å². The Balaban J connectivity index is 1.46. The van der Waals surface area contributed by atoms with Crippen LogP contribution in [0.5, 0.6) is 0 Å². The predicted octanol–water partition coefficient (Wildman–Crippen LogP) is 4.84. The van der Waals surface area contributed by atoms with Crippen LogP contribution in [-0.2, 0) is 9.63 Å². The van der Waals surface area contributed by atoms with Crippen molar-refractivity contribution in [2.24, 2.45) is 0 Å². The highest BCUT2D eigenvalue weighted by Gasteiger charge is 2.30. The van der Waals surface area contributed by atoms with E-state index in [2.05, 4.69) is 22.6 Å². The number of hydrogen-bond donors (Lipinski definition) is 2. The van der Waals surface area contributed by atoms with Crippen molar-refractivity contribution in [1.29, 1.82) is 0 Å². The van der Waals surface area contributed by atoms with Gasteiger partial charge in [0.25, 0.3) is 11.8 Å². The van der Waals surface area contributed by atoms with Gasteiger partial charge in [0.2, 0.25) is 0 Å². The summed E-state index contributed by atoms with van der Waals surface area (Å²) in [5, 5.41) is 7.81. The van der Waals surface area contributed by atoms with Gasteiger partial charge in [-0.15, -0.1) is 0 Å². The first-order valence-corrected chi connectivity index (χ1v) is 13.0. The number of amides is 2. The van der Waals surface area contributed by atoms with Crippen molar-refractivity contribution in [3.8, 4) is 0 Å². The van der Waals surface area contributed by atoms with Crippen LogP contribution in [0.4, 0.5) is 11.4 Å². The maximum atomic E-state index is 13.3. The number of carbonyl (C=O) groups excluding carboxylic acids is 3. The Bertz CT molecular complexity index is 1420. The van der Waals surface area contributed by atoms with Crippen molar-refractivity contribution in [2.75, 3.05) is 37.9 Å². The zero-order chi connectivity index (χ0) is 27.5. The molecule has 0 aromatic heterocycles. The van der Waals surface area contributed by atoms with Crippen molar-refractivity contribution >= 4 is 40.7 Å². The van der Waals surface area contributed by atoms with E-state index in [1.807, 2.05) is 55.5 Å². The average Bonchev–Trinajstić information content (AvgIpc) is 3.27. The number of benzene rings is 3. The first-order chi connectivity index (χ1) is 18.9. The Hall–Kier alpha value is -4.27. The molecule has 8 nitrogen and oxygen atoms in total. The molecule has 39 heavy (non-hydrogen) atoms. The van der Waals surface area contributed by atoms with Crippen LogP contribution < -0.4 is 10.6 Å². The predicted molar refractivity (Wildman–Crippen MR) is 152 cm³/mol. The normalized spacial score (nSPS) is 16.8. The van der Waals surface area contributed by atoms with Crippen LogP contribution in [0.2, 0.25) is 0 Å². The first-order valence-electron chi connectivity index (χ1n) is 13.0. The van der Waals surface area contributed by atoms with Crippen molar-refractivity contribution in [3.63, 3.8) is 0 Å². The smallest absolute Gasteiger partial charge is 0.277 e. The van der Waals surface area contributed by atoms with E-state index in [9.17, 15) is 14.4 Å². The number of rotatable bonds is 7. The summed E-state index contributed by atoms with van der Waals surface area (Å²) in [7, 11) is 3.62. The van der Waals surface area contributed by atoms with Crippen LogP contribution in [0, 0.1) is 6.92 Å². The third kappa shape index (κ3) is 5.34. The van der Waals surface area contributed by atoms with Crippen LogP contribution >= 0.6 is 0 Å². The quantitative estimate of drug-likeness (QED) is 0.261. The largest absolute Gasteiger partial charge is 0.354 e. The van der Waals surface area contributed by atoms with Crippen LogP contribution in [-0.4, -0.2) is 61.4 Å². The molecule has 0 atom stereocenters. The fourth-order valence-corrected chi connectivity index (χ4v) is 5.20. The van der Waals surface area contributed by atoms with Crippen molar-refractivity contribution in [2.45, 2.75) is 25.8 Å². The molecule has 1 saturated heterocycles. The van der Waals surface area contributed by atoms with Crippen molar-refractivity contribution in [3.05, 3.63) is 94.5 Å². The minimum atomic E-state index is -0.250. The Morgan fingerprint density at radius 3 is 2.38 bits per heavy atom. The molecule has 5 rings (SSSR count). The third-order valence-corrected chi connectivity index (χ3v) is 7.41. The summed E-state index contributed by atoms with van der Waals surface area (Å²) in [4.78, 5) is 45.7. The van der Waals surface area contributed by atoms with Gasteiger partial charge < -0.3 is 15.5 Å². The number of nitrogens with zero attached hydrogens (tertiary/aromatic N) is 2. The molecular weight excluding hydrogens is 492 g/mol. The Morgan fingerprint density at radius 2 is 1.74 bits per heavy atom. The molecule has 0 radical (unpaired) electrons. The molecule has 0 aliphatic carbocycles. The molecule has 2 aliphatic rings. The van der Waals surface area contributed by atoms with Gasteiger partial charge in [-0.2, -0.15) is 0 Å². The minimum absolute atomic E-state index is 0.0371. The molecule has 2 N–H and O–H groups in total. The number of carbonyl (C=O) groups is 3. The van der Waals surface area contributed by atoms with Gasteiger partial charge in [-0.3, -0.25) is 19.2 Å². The number of piperidine rings is 1. The van der Waals surface area contributed by atoms with Gasteiger partial charge in [-0.25, -0.2) is 5.06 Å².